The van der Waals surface area contributed by atoms with Gasteiger partial charge in [0.15, 0.2) is 0 Å². The molecule has 0 saturated heterocycles. The van der Waals surface area contributed by atoms with Gasteiger partial charge in [0.25, 0.3) is 0 Å². The highest BCUT2D eigenvalue weighted by Crippen LogP contribution is 1.79. The quantitative estimate of drug-likeness (QED) is 0.310. The summed E-state index contributed by atoms with van der Waals surface area (Å²) in [5.74, 6) is 5.06. The van der Waals surface area contributed by atoms with Crippen LogP contribution in [0.4, 0.5) is 0 Å². The third-order valence-electron chi connectivity index (χ3n) is 0.581. The molecule has 0 bridgehead atoms. The lowest BCUT2D eigenvalue weighted by molar-refractivity contribution is 0.270. The zero-order valence-electron chi connectivity index (χ0n) is 4.39. The second-order valence-electron chi connectivity index (χ2n) is 1.26. The van der Waals surface area contributed by atoms with Crippen molar-refractivity contribution in [3.8, 4) is 0 Å². The minimum atomic E-state index is 0.656. The van der Waals surface area contributed by atoms with Crippen molar-refractivity contribution in [2.24, 2.45) is 11.1 Å². The van der Waals surface area contributed by atoms with Crippen molar-refractivity contribution in [2.75, 3.05) is 6.54 Å². The Bertz CT molecular complexity index is 52.9. The van der Waals surface area contributed by atoms with Crippen LogP contribution in [-0.2, 0) is 0 Å². The number of hydrazine groups is 1. The first kappa shape index (κ1) is 6.36. The molecule has 0 aromatic rings. The molecule has 0 spiro atoms. The zero-order valence-corrected chi connectivity index (χ0v) is 4.39. The van der Waals surface area contributed by atoms with E-state index in [1.165, 1.54) is 0 Å². The van der Waals surface area contributed by atoms with E-state index in [0.717, 1.165) is 11.5 Å². The Labute approximate surface area is 42.7 Å². The second kappa shape index (κ2) is 3.55. The summed E-state index contributed by atoms with van der Waals surface area (Å²) < 4.78 is 0. The summed E-state index contributed by atoms with van der Waals surface area (Å²) in [5, 5.41) is 4.04. The van der Waals surface area contributed by atoms with Crippen LogP contribution >= 0.6 is 0 Å². The van der Waals surface area contributed by atoms with E-state index in [4.69, 9.17) is 11.4 Å². The molecule has 7 heavy (non-hydrogen) atoms. The monoisotopic (exact) mass is 102 g/mol. The van der Waals surface area contributed by atoms with Crippen molar-refractivity contribution in [1.82, 2.24) is 5.12 Å². The molecule has 0 heterocycles. The maximum atomic E-state index is 6.34. The van der Waals surface area contributed by atoms with Crippen LogP contribution in [0.2, 0.25) is 0 Å². The maximum absolute atomic E-state index is 6.34. The van der Waals surface area contributed by atoms with Crippen LogP contribution in [-0.4, -0.2) is 11.7 Å². The van der Waals surface area contributed by atoms with Gasteiger partial charge in [-0.2, -0.15) is 5.53 Å². The molecule has 0 amide bonds. The Balaban J connectivity index is 2.98. The molecule has 0 fully saturated rings. The Morgan fingerprint density at radius 1 is 1.86 bits per heavy atom. The SMILES string of the molecule is CCCN(N)N=N. The average Bonchev–Trinajstić information content (AvgIpc) is 1.68. The molecule has 0 aliphatic rings. The summed E-state index contributed by atoms with van der Waals surface area (Å²) in [5.41, 5.74) is 6.34. The number of hydrogen-bond donors (Lipinski definition) is 2. The highest BCUT2D eigenvalue weighted by atomic mass is 15.7. The number of hydrogen-bond acceptors (Lipinski definition) is 3. The van der Waals surface area contributed by atoms with Gasteiger partial charge in [-0.25, -0.2) is 11.0 Å². The van der Waals surface area contributed by atoms with Gasteiger partial charge in [0.2, 0.25) is 0 Å². The molecular weight excluding hydrogens is 92.1 g/mol. The van der Waals surface area contributed by atoms with Gasteiger partial charge in [-0.3, -0.25) is 0 Å². The van der Waals surface area contributed by atoms with Gasteiger partial charge in [0.05, 0.1) is 6.54 Å². The van der Waals surface area contributed by atoms with Gasteiger partial charge in [-0.1, -0.05) is 12.1 Å². The van der Waals surface area contributed by atoms with Crippen LogP contribution in [0.1, 0.15) is 13.3 Å². The molecule has 0 aliphatic heterocycles. The van der Waals surface area contributed by atoms with Crippen molar-refractivity contribution in [2.45, 2.75) is 13.3 Å². The molecule has 0 aliphatic carbocycles. The van der Waals surface area contributed by atoms with Gasteiger partial charge in [-0.05, 0) is 6.42 Å². The van der Waals surface area contributed by atoms with Crippen molar-refractivity contribution in [1.29, 1.82) is 5.53 Å². The first-order valence-corrected chi connectivity index (χ1v) is 2.21. The minimum Gasteiger partial charge on any atom is -0.230 e. The first-order valence-electron chi connectivity index (χ1n) is 2.21. The van der Waals surface area contributed by atoms with Crippen LogP contribution in [0.3, 0.4) is 0 Å². The van der Waals surface area contributed by atoms with Crippen LogP contribution in [0.25, 0.3) is 0 Å². The summed E-state index contributed by atoms with van der Waals surface area (Å²) in [7, 11) is 0. The lowest BCUT2D eigenvalue weighted by Crippen LogP contribution is -2.24. The zero-order chi connectivity index (χ0) is 5.70. The van der Waals surface area contributed by atoms with Gasteiger partial charge in [0, 0.05) is 0 Å². The Kier molecular flexibility index (Phi) is 3.22. The van der Waals surface area contributed by atoms with Gasteiger partial charge in [-0.15, -0.1) is 0 Å². The van der Waals surface area contributed by atoms with Gasteiger partial charge >= 0.3 is 0 Å². The van der Waals surface area contributed by atoms with Crippen molar-refractivity contribution in [3.63, 3.8) is 0 Å². The maximum Gasteiger partial charge on any atom is 0.0545 e. The molecule has 0 aromatic carbocycles. The Hall–Kier alpha value is -0.640. The lowest BCUT2D eigenvalue weighted by Gasteiger charge is -2.04. The fraction of sp³-hybridized carbons (Fsp3) is 1.00. The molecule has 0 atom stereocenters. The number of nitrogens with two attached hydrogens (primary N) is 1. The summed E-state index contributed by atoms with van der Waals surface area (Å²) in [4.78, 5) is 0. The summed E-state index contributed by atoms with van der Waals surface area (Å²) >= 11 is 0. The Morgan fingerprint density at radius 2 is 2.43 bits per heavy atom. The highest BCUT2D eigenvalue weighted by Gasteiger charge is 1.84. The number of rotatable bonds is 3. The van der Waals surface area contributed by atoms with Crippen molar-refractivity contribution >= 4 is 0 Å². The highest BCUT2D eigenvalue weighted by molar-refractivity contribution is 4.30. The molecule has 0 unspecified atom stereocenters. The van der Waals surface area contributed by atoms with E-state index in [2.05, 4.69) is 5.22 Å². The summed E-state index contributed by atoms with van der Waals surface area (Å²) in [6.45, 7) is 2.63. The lowest BCUT2D eigenvalue weighted by atomic mass is 10.5. The Morgan fingerprint density at radius 3 is 2.57 bits per heavy atom. The second-order valence-corrected chi connectivity index (χ2v) is 1.26. The average molecular weight is 102 g/mol. The predicted octanol–water partition coefficient (Wildman–Crippen LogP) is 0.518. The largest absolute Gasteiger partial charge is 0.230 e. The van der Waals surface area contributed by atoms with E-state index in [1.807, 2.05) is 6.92 Å². The molecule has 0 saturated carbocycles. The van der Waals surface area contributed by atoms with E-state index < -0.39 is 0 Å². The molecular formula is C3H10N4. The fourth-order valence-corrected chi connectivity index (χ4v) is 0.279. The molecule has 3 N–H and O–H groups in total. The van der Waals surface area contributed by atoms with E-state index in [0.29, 0.717) is 6.54 Å². The first-order chi connectivity index (χ1) is 3.31. The van der Waals surface area contributed by atoms with E-state index >= 15 is 0 Å². The van der Waals surface area contributed by atoms with Crippen LogP contribution in [0.5, 0.6) is 0 Å². The fourth-order valence-electron chi connectivity index (χ4n) is 0.279. The summed E-state index contributed by atoms with van der Waals surface area (Å²) in [6, 6.07) is 0. The van der Waals surface area contributed by atoms with Gasteiger partial charge in [0.1, 0.15) is 0 Å². The molecule has 0 rings (SSSR count). The van der Waals surface area contributed by atoms with Crippen LogP contribution in [0, 0.1) is 5.53 Å². The molecule has 42 valence electrons. The minimum absolute atomic E-state index is 0.656. The van der Waals surface area contributed by atoms with E-state index in [-0.39, 0.29) is 0 Å². The topological polar surface area (TPSA) is 65.5 Å². The van der Waals surface area contributed by atoms with E-state index in [1.54, 1.807) is 0 Å². The smallest absolute Gasteiger partial charge is 0.0545 e. The normalized spacial score (nSPS) is 8.29. The molecule has 4 nitrogen and oxygen atoms in total. The van der Waals surface area contributed by atoms with Crippen molar-refractivity contribution < 1.29 is 0 Å². The third-order valence-corrected chi connectivity index (χ3v) is 0.581. The molecule has 0 radical (unpaired) electrons. The van der Waals surface area contributed by atoms with E-state index in [9.17, 15) is 0 Å². The third kappa shape index (κ3) is 3.18. The standard InChI is InChI=1S/C3H10N4/c1-2-3-7(5)6-4/h4H,2-3,5H2,1H3. The number of nitrogens with one attached hydrogen (secondary N) is 1. The molecule has 4 heteroatoms. The van der Waals surface area contributed by atoms with Crippen LogP contribution in [0.15, 0.2) is 5.22 Å². The summed E-state index contributed by atoms with van der Waals surface area (Å²) in [6.07, 6.45) is 0.929. The predicted molar refractivity (Wildman–Crippen MR) is 26.3 cm³/mol. The van der Waals surface area contributed by atoms with Crippen LogP contribution < -0.4 is 5.84 Å². The molecule has 0 aromatic heterocycles. The number of nitrogens with zero attached hydrogens (tertiary/aromatic N) is 2. The van der Waals surface area contributed by atoms with Crippen molar-refractivity contribution in [3.05, 3.63) is 0 Å². The van der Waals surface area contributed by atoms with Gasteiger partial charge < -0.3 is 0 Å².